The summed E-state index contributed by atoms with van der Waals surface area (Å²) in [5.74, 6) is 0.558. The second kappa shape index (κ2) is 11.1. The molecule has 1 fully saturated rings. The molecule has 0 saturated carbocycles. The van der Waals surface area contributed by atoms with Gasteiger partial charge in [-0.25, -0.2) is 4.68 Å². The predicted octanol–water partition coefficient (Wildman–Crippen LogP) is 1.85. The zero-order valence-corrected chi connectivity index (χ0v) is 16.7. The molecular formula is C18H27Cl2N5O2. The highest BCUT2D eigenvalue weighted by Gasteiger charge is 2.29. The van der Waals surface area contributed by atoms with Crippen LogP contribution in [0.3, 0.4) is 0 Å². The fraction of sp³-hybridized carbons (Fsp3) is 0.444. The third kappa shape index (κ3) is 6.10. The second-order valence-electron chi connectivity index (χ2n) is 6.26. The monoisotopic (exact) mass is 415 g/mol. The molecule has 0 unspecified atom stereocenters. The average molecular weight is 416 g/mol. The van der Waals surface area contributed by atoms with Crippen LogP contribution in [0, 0.1) is 0 Å². The van der Waals surface area contributed by atoms with Gasteiger partial charge in [-0.15, -0.1) is 24.8 Å². The highest BCUT2D eigenvalue weighted by atomic mass is 35.5. The Balaban J connectivity index is 0.00000182. The van der Waals surface area contributed by atoms with Gasteiger partial charge < -0.3 is 21.5 Å². The zero-order chi connectivity index (χ0) is 17.6. The number of benzene rings is 1. The lowest BCUT2D eigenvalue weighted by Crippen LogP contribution is -2.36. The Morgan fingerprint density at radius 1 is 1.26 bits per heavy atom. The summed E-state index contributed by atoms with van der Waals surface area (Å²) in [7, 11) is 0. The third-order valence-corrected chi connectivity index (χ3v) is 4.36. The van der Waals surface area contributed by atoms with Crippen LogP contribution in [0.1, 0.15) is 25.0 Å². The van der Waals surface area contributed by atoms with Crippen LogP contribution in [-0.4, -0.2) is 41.0 Å². The van der Waals surface area contributed by atoms with Crippen LogP contribution in [0.4, 0.5) is 5.82 Å². The van der Waals surface area contributed by atoms with Crippen molar-refractivity contribution in [3.8, 4) is 5.69 Å². The lowest BCUT2D eigenvalue weighted by atomic mass is 10.2. The first-order valence-corrected chi connectivity index (χ1v) is 8.70. The lowest BCUT2D eigenvalue weighted by Gasteiger charge is -2.12. The number of carbonyl (C=O) groups excluding carboxylic acids is 1. The van der Waals surface area contributed by atoms with Gasteiger partial charge in [0.05, 0.1) is 17.5 Å². The number of nitrogens with two attached hydrogens (primary N) is 2. The quantitative estimate of drug-likeness (QED) is 0.597. The number of hydrogen-bond donors (Lipinski definition) is 3. The maximum atomic E-state index is 12.0. The summed E-state index contributed by atoms with van der Waals surface area (Å²) < 4.78 is 7.32. The van der Waals surface area contributed by atoms with Crippen molar-refractivity contribution >= 4 is 36.5 Å². The molecule has 0 spiro atoms. The number of halogens is 2. The number of para-hydroxylation sites is 1. The number of rotatable bonds is 7. The van der Waals surface area contributed by atoms with Gasteiger partial charge in [-0.3, -0.25) is 4.79 Å². The number of nitrogens with one attached hydrogen (secondary N) is 1. The molecule has 1 aliphatic heterocycles. The molecule has 3 rings (SSSR count). The normalized spacial score (nSPS) is 18.4. The van der Waals surface area contributed by atoms with Gasteiger partial charge in [0.15, 0.2) is 0 Å². The summed E-state index contributed by atoms with van der Waals surface area (Å²) >= 11 is 0. The maximum absolute atomic E-state index is 12.0. The average Bonchev–Trinajstić information content (AvgIpc) is 3.26. The summed E-state index contributed by atoms with van der Waals surface area (Å²) in [6.07, 6.45) is 2.80. The summed E-state index contributed by atoms with van der Waals surface area (Å²) in [5, 5.41) is 7.46. The number of amides is 1. The first kappa shape index (κ1) is 23.2. The molecule has 1 aliphatic rings. The van der Waals surface area contributed by atoms with E-state index in [1.54, 1.807) is 4.68 Å². The first-order valence-electron chi connectivity index (χ1n) is 8.70. The minimum Gasteiger partial charge on any atom is -0.384 e. The number of nitrogens with zero attached hydrogens (tertiary/aromatic N) is 2. The molecule has 9 heteroatoms. The molecule has 0 aliphatic carbocycles. The van der Waals surface area contributed by atoms with Gasteiger partial charge in [0.1, 0.15) is 11.9 Å². The fourth-order valence-corrected chi connectivity index (χ4v) is 3.01. The number of aryl methyl sites for hydroxylation is 1. The van der Waals surface area contributed by atoms with Crippen molar-refractivity contribution in [2.45, 2.75) is 37.9 Å². The summed E-state index contributed by atoms with van der Waals surface area (Å²) in [6, 6.07) is 11.7. The van der Waals surface area contributed by atoms with Crippen LogP contribution in [0.25, 0.3) is 5.69 Å². The Hall–Kier alpha value is -1.80. The highest BCUT2D eigenvalue weighted by Crippen LogP contribution is 2.19. The molecule has 7 nitrogen and oxygen atoms in total. The zero-order valence-electron chi connectivity index (χ0n) is 15.0. The largest absolute Gasteiger partial charge is 0.384 e. The number of aromatic nitrogens is 2. The van der Waals surface area contributed by atoms with Crippen molar-refractivity contribution in [2.75, 3.05) is 18.8 Å². The van der Waals surface area contributed by atoms with Crippen molar-refractivity contribution in [1.29, 1.82) is 0 Å². The molecule has 1 amide bonds. The van der Waals surface area contributed by atoms with Gasteiger partial charge in [-0.2, -0.15) is 5.10 Å². The molecule has 2 heterocycles. The van der Waals surface area contributed by atoms with E-state index in [2.05, 4.69) is 10.4 Å². The van der Waals surface area contributed by atoms with E-state index in [1.165, 1.54) is 0 Å². The predicted molar refractivity (Wildman–Crippen MR) is 111 cm³/mol. The van der Waals surface area contributed by atoms with Crippen LogP contribution in [0.2, 0.25) is 0 Å². The number of carbonyl (C=O) groups is 1. The molecule has 2 atom stereocenters. The van der Waals surface area contributed by atoms with Crippen LogP contribution in [0.15, 0.2) is 36.4 Å². The molecule has 1 saturated heterocycles. The van der Waals surface area contributed by atoms with E-state index in [4.69, 9.17) is 16.2 Å². The Morgan fingerprint density at radius 2 is 2.00 bits per heavy atom. The number of nitrogen functional groups attached to an aromatic ring is 1. The minimum absolute atomic E-state index is 0. The number of anilines is 1. The molecule has 0 bridgehead atoms. The van der Waals surface area contributed by atoms with Gasteiger partial charge in [-0.1, -0.05) is 18.2 Å². The Kier molecular flexibility index (Phi) is 9.59. The molecule has 0 radical (unpaired) electrons. The smallest absolute Gasteiger partial charge is 0.249 e. The summed E-state index contributed by atoms with van der Waals surface area (Å²) in [6.45, 7) is 1.05. The topological polar surface area (TPSA) is 108 Å². The highest BCUT2D eigenvalue weighted by molar-refractivity contribution is 5.85. The van der Waals surface area contributed by atoms with Gasteiger partial charge in [0, 0.05) is 19.2 Å². The molecule has 5 N–H and O–H groups in total. The minimum atomic E-state index is -0.360. The molecule has 1 aromatic carbocycles. The standard InChI is InChI=1S/C18H25N5O2.2ClH/c19-12-15-8-9-16(25-15)18(24)21-10-4-5-13-11-17(20)23(22-13)14-6-2-1-3-7-14;;/h1-3,6-7,11,15-16H,4-5,8-10,12,19-20H2,(H,21,24);2*1H/t15-,16+;;/m1../s1. The molecule has 150 valence electrons. The van der Waals surface area contributed by atoms with Crippen molar-refractivity contribution in [1.82, 2.24) is 15.1 Å². The van der Waals surface area contributed by atoms with Crippen molar-refractivity contribution in [2.24, 2.45) is 5.73 Å². The number of hydrogen-bond acceptors (Lipinski definition) is 5. The molecule has 1 aromatic heterocycles. The van der Waals surface area contributed by atoms with Crippen LogP contribution in [-0.2, 0) is 16.0 Å². The Morgan fingerprint density at radius 3 is 2.67 bits per heavy atom. The van der Waals surface area contributed by atoms with Gasteiger partial charge in [-0.05, 0) is 37.8 Å². The van der Waals surface area contributed by atoms with Crippen LogP contribution < -0.4 is 16.8 Å². The van der Waals surface area contributed by atoms with E-state index < -0.39 is 0 Å². The molecule has 27 heavy (non-hydrogen) atoms. The first-order chi connectivity index (χ1) is 12.2. The fourth-order valence-electron chi connectivity index (χ4n) is 3.01. The Labute approximate surface area is 171 Å². The van der Waals surface area contributed by atoms with E-state index >= 15 is 0 Å². The van der Waals surface area contributed by atoms with E-state index in [9.17, 15) is 4.79 Å². The van der Waals surface area contributed by atoms with Gasteiger partial charge in [0.2, 0.25) is 5.91 Å². The van der Waals surface area contributed by atoms with E-state index in [0.29, 0.717) is 18.9 Å². The van der Waals surface area contributed by atoms with Crippen LogP contribution in [0.5, 0.6) is 0 Å². The SMILES string of the molecule is Cl.Cl.NC[C@H]1CC[C@@H](C(=O)NCCCc2cc(N)n(-c3ccccc3)n2)O1. The maximum Gasteiger partial charge on any atom is 0.249 e. The summed E-state index contributed by atoms with van der Waals surface area (Å²) in [5.41, 5.74) is 13.5. The van der Waals surface area contributed by atoms with E-state index in [1.807, 2.05) is 36.4 Å². The lowest BCUT2D eigenvalue weighted by molar-refractivity contribution is -0.131. The second-order valence-corrected chi connectivity index (χ2v) is 6.26. The molecule has 2 aromatic rings. The van der Waals surface area contributed by atoms with Crippen molar-refractivity contribution < 1.29 is 9.53 Å². The van der Waals surface area contributed by atoms with E-state index in [0.717, 1.165) is 37.1 Å². The Bertz CT molecular complexity index is 711. The summed E-state index contributed by atoms with van der Waals surface area (Å²) in [4.78, 5) is 12.0. The third-order valence-electron chi connectivity index (χ3n) is 4.36. The van der Waals surface area contributed by atoms with E-state index in [-0.39, 0.29) is 42.9 Å². The van der Waals surface area contributed by atoms with Gasteiger partial charge >= 0.3 is 0 Å². The van der Waals surface area contributed by atoms with Crippen LogP contribution >= 0.6 is 24.8 Å². The van der Waals surface area contributed by atoms with Crippen molar-refractivity contribution in [3.05, 3.63) is 42.1 Å². The number of ether oxygens (including phenoxy) is 1. The van der Waals surface area contributed by atoms with Crippen molar-refractivity contribution in [3.63, 3.8) is 0 Å². The van der Waals surface area contributed by atoms with Gasteiger partial charge in [0.25, 0.3) is 0 Å². The molecular weight excluding hydrogens is 389 g/mol.